The van der Waals surface area contributed by atoms with Gasteiger partial charge in [0.1, 0.15) is 0 Å². The topological polar surface area (TPSA) is 26.0 Å². The van der Waals surface area contributed by atoms with E-state index in [1.807, 2.05) is 0 Å². The average molecular weight is 376 g/mol. The van der Waals surface area contributed by atoms with Gasteiger partial charge in [-0.1, -0.05) is 75.3 Å². The van der Waals surface area contributed by atoms with Crippen LogP contribution < -0.4 is 5.73 Å². The Labute approximate surface area is 172 Å². The van der Waals surface area contributed by atoms with E-state index in [0.717, 1.165) is 24.9 Å². The number of fused-ring (bicyclic) bond motifs is 1. The van der Waals surface area contributed by atoms with E-state index in [9.17, 15) is 0 Å². The first-order valence-electron chi connectivity index (χ1n) is 10.8. The zero-order valence-electron chi connectivity index (χ0n) is 18.8. The normalized spacial score (nSPS) is 23.5. The number of hydrogen-bond acceptors (Lipinski definition) is 1. The van der Waals surface area contributed by atoms with Gasteiger partial charge in [-0.15, -0.1) is 0 Å². The number of benzene rings is 1. The Morgan fingerprint density at radius 1 is 1.21 bits per heavy atom. The van der Waals surface area contributed by atoms with Crippen molar-refractivity contribution in [1.82, 2.24) is 0 Å². The number of nitrogens with two attached hydrogens (primary N) is 1. The summed E-state index contributed by atoms with van der Waals surface area (Å²) in [5.41, 5.74) is 16.2. The Morgan fingerprint density at radius 3 is 2.54 bits per heavy atom. The Hall–Kier alpha value is -2.02. The second kappa shape index (κ2) is 7.43. The number of hydrogen-bond donors (Lipinski definition) is 1. The molecule has 2 N–H and O–H groups in total. The fraction of sp³-hybridized carbons (Fsp3) is 0.481. The molecule has 1 heteroatoms. The molecule has 2 unspecified atom stereocenters. The van der Waals surface area contributed by atoms with Crippen LogP contribution in [0.3, 0.4) is 0 Å². The summed E-state index contributed by atoms with van der Waals surface area (Å²) in [6.45, 7) is 16.1. The summed E-state index contributed by atoms with van der Waals surface area (Å²) >= 11 is 0. The van der Waals surface area contributed by atoms with Gasteiger partial charge in [-0.05, 0) is 74.1 Å². The molecule has 28 heavy (non-hydrogen) atoms. The van der Waals surface area contributed by atoms with Gasteiger partial charge in [-0.25, -0.2) is 0 Å². The molecule has 0 radical (unpaired) electrons. The Morgan fingerprint density at radius 2 is 1.93 bits per heavy atom. The van der Waals surface area contributed by atoms with E-state index in [2.05, 4.69) is 91.0 Å². The molecule has 0 heterocycles. The lowest BCUT2D eigenvalue weighted by molar-refractivity contribution is 0.271. The molecule has 1 aromatic carbocycles. The number of nitrogen functional groups attached to an aromatic ring is 1. The van der Waals surface area contributed by atoms with Gasteiger partial charge >= 0.3 is 0 Å². The van der Waals surface area contributed by atoms with E-state index in [4.69, 9.17) is 5.73 Å². The van der Waals surface area contributed by atoms with Crippen LogP contribution >= 0.6 is 0 Å². The molecule has 0 spiro atoms. The van der Waals surface area contributed by atoms with Crippen molar-refractivity contribution < 1.29 is 0 Å². The van der Waals surface area contributed by atoms with Crippen molar-refractivity contribution in [2.45, 2.75) is 73.1 Å². The minimum absolute atomic E-state index is 0.00319. The van der Waals surface area contributed by atoms with Gasteiger partial charge < -0.3 is 5.73 Å². The minimum Gasteiger partial charge on any atom is -0.398 e. The Balaban J connectivity index is 2.27. The summed E-state index contributed by atoms with van der Waals surface area (Å²) in [4.78, 5) is 0. The molecular formula is C27H37N. The van der Waals surface area contributed by atoms with Crippen LogP contribution in [0.1, 0.15) is 78.0 Å². The number of anilines is 1. The van der Waals surface area contributed by atoms with E-state index < -0.39 is 0 Å². The molecule has 0 saturated carbocycles. The second-order valence-corrected chi connectivity index (χ2v) is 9.33. The molecule has 2 aliphatic carbocycles. The summed E-state index contributed by atoms with van der Waals surface area (Å²) < 4.78 is 0. The molecule has 0 bridgehead atoms. The zero-order chi connectivity index (χ0) is 20.7. The first kappa shape index (κ1) is 20.7. The minimum atomic E-state index is -0.00319. The van der Waals surface area contributed by atoms with Gasteiger partial charge in [0, 0.05) is 16.7 Å². The van der Waals surface area contributed by atoms with Crippen molar-refractivity contribution >= 4 is 11.8 Å². The maximum atomic E-state index is 6.42. The molecule has 0 aliphatic heterocycles. The highest BCUT2D eigenvalue weighted by molar-refractivity contribution is 5.73. The molecular weight excluding hydrogens is 338 g/mol. The number of allylic oxidation sites excluding steroid dienone is 7. The van der Waals surface area contributed by atoms with Crippen LogP contribution in [0, 0.1) is 11.3 Å². The molecule has 0 saturated heterocycles. The van der Waals surface area contributed by atoms with Crippen LogP contribution in [-0.2, 0) is 11.8 Å². The average Bonchev–Trinajstić information content (AvgIpc) is 2.64. The van der Waals surface area contributed by atoms with Crippen LogP contribution in [0.25, 0.3) is 6.08 Å². The summed E-state index contributed by atoms with van der Waals surface area (Å²) in [5, 5.41) is 0. The maximum Gasteiger partial charge on any atom is 0.0390 e. The van der Waals surface area contributed by atoms with Crippen LogP contribution in [0.5, 0.6) is 0 Å². The highest BCUT2D eigenvalue weighted by atomic mass is 14.6. The zero-order valence-corrected chi connectivity index (χ0v) is 18.8. The highest BCUT2D eigenvalue weighted by Gasteiger charge is 2.43. The predicted molar refractivity (Wildman–Crippen MR) is 124 cm³/mol. The molecule has 0 amide bonds. The lowest BCUT2D eigenvalue weighted by Gasteiger charge is -2.47. The van der Waals surface area contributed by atoms with Gasteiger partial charge in [0.05, 0.1) is 0 Å². The van der Waals surface area contributed by atoms with Crippen LogP contribution in [0.2, 0.25) is 0 Å². The van der Waals surface area contributed by atoms with Crippen LogP contribution in [-0.4, -0.2) is 0 Å². The molecule has 2 aliphatic rings. The monoisotopic (exact) mass is 375 g/mol. The molecule has 0 aromatic heterocycles. The summed E-state index contributed by atoms with van der Waals surface area (Å²) in [6.07, 6.45) is 14.8. The predicted octanol–water partition coefficient (Wildman–Crippen LogP) is 7.39. The van der Waals surface area contributed by atoms with Crippen molar-refractivity contribution in [3.8, 4) is 0 Å². The fourth-order valence-corrected chi connectivity index (χ4v) is 5.75. The standard InChI is InChI=1S/C27H37N/c1-8-11-19-20-17-21-23(27(7,10-3)16-9-2)13-12-18(4)25(21)26(5,6)22(20)14-15-24(19)28/h8-9,11-12,14-16,23H,10,13,17,28H2,1-7H3/b11-8-,16-9?. The smallest absolute Gasteiger partial charge is 0.0390 e. The molecule has 2 atom stereocenters. The van der Waals surface area contributed by atoms with E-state index in [0.29, 0.717) is 5.92 Å². The first-order valence-corrected chi connectivity index (χ1v) is 10.8. The van der Waals surface area contributed by atoms with E-state index in [1.165, 1.54) is 22.3 Å². The second-order valence-electron chi connectivity index (χ2n) is 9.33. The fourth-order valence-electron chi connectivity index (χ4n) is 5.75. The lowest BCUT2D eigenvalue weighted by atomic mass is 9.57. The van der Waals surface area contributed by atoms with Crippen molar-refractivity contribution in [3.05, 3.63) is 69.8 Å². The third-order valence-electron chi connectivity index (χ3n) is 7.29. The van der Waals surface area contributed by atoms with Crippen LogP contribution in [0.15, 0.2) is 53.2 Å². The third-order valence-corrected chi connectivity index (χ3v) is 7.29. The molecule has 1 aromatic rings. The molecule has 3 rings (SSSR count). The van der Waals surface area contributed by atoms with Gasteiger partial charge in [0.2, 0.25) is 0 Å². The van der Waals surface area contributed by atoms with E-state index in [1.54, 1.807) is 11.1 Å². The number of rotatable bonds is 4. The largest absolute Gasteiger partial charge is 0.398 e. The summed E-state index contributed by atoms with van der Waals surface area (Å²) in [7, 11) is 0. The third kappa shape index (κ3) is 3.09. The van der Waals surface area contributed by atoms with Gasteiger partial charge in [-0.3, -0.25) is 0 Å². The molecule has 150 valence electrons. The van der Waals surface area contributed by atoms with E-state index in [-0.39, 0.29) is 10.8 Å². The van der Waals surface area contributed by atoms with Gasteiger partial charge in [-0.2, -0.15) is 0 Å². The molecule has 1 nitrogen and oxygen atoms in total. The van der Waals surface area contributed by atoms with Crippen molar-refractivity contribution in [2.75, 3.05) is 5.73 Å². The van der Waals surface area contributed by atoms with Crippen molar-refractivity contribution in [2.24, 2.45) is 11.3 Å². The SMILES string of the molecule is CC=CC(C)(CC)C1CC=C(C)C2=C1Cc1c(ccc(N)c1/C=C\C)C2(C)C. The highest BCUT2D eigenvalue weighted by Crippen LogP contribution is 2.54. The first-order chi connectivity index (χ1) is 13.2. The quantitative estimate of drug-likeness (QED) is 0.431. The van der Waals surface area contributed by atoms with Crippen molar-refractivity contribution in [3.63, 3.8) is 0 Å². The summed E-state index contributed by atoms with van der Waals surface area (Å²) in [6, 6.07) is 4.36. The summed E-state index contributed by atoms with van der Waals surface area (Å²) in [5.74, 6) is 0.541. The van der Waals surface area contributed by atoms with Gasteiger partial charge in [0.15, 0.2) is 0 Å². The van der Waals surface area contributed by atoms with Crippen molar-refractivity contribution in [1.29, 1.82) is 0 Å². The maximum absolute atomic E-state index is 6.42. The van der Waals surface area contributed by atoms with E-state index >= 15 is 0 Å². The van der Waals surface area contributed by atoms with Gasteiger partial charge in [0.25, 0.3) is 0 Å². The van der Waals surface area contributed by atoms with Crippen LogP contribution in [0.4, 0.5) is 5.69 Å². The Kier molecular flexibility index (Phi) is 5.49. The Bertz CT molecular complexity index is 891. The molecule has 0 fully saturated rings. The lowest BCUT2D eigenvalue weighted by Crippen LogP contribution is -2.37.